The van der Waals surface area contributed by atoms with E-state index in [1.54, 1.807) is 0 Å². The molecule has 0 amide bonds. The molecular formula is C13H16ClNO2. The van der Waals surface area contributed by atoms with Crippen molar-refractivity contribution in [3.63, 3.8) is 0 Å². The van der Waals surface area contributed by atoms with Crippen LogP contribution in [0.25, 0.3) is 0 Å². The maximum atomic E-state index is 10.6. The third-order valence-corrected chi connectivity index (χ3v) is 3.48. The molecule has 0 spiro atoms. The summed E-state index contributed by atoms with van der Waals surface area (Å²) in [6.45, 7) is 1.61. The largest absolute Gasteiger partial charge is 0.481 e. The minimum absolute atomic E-state index is 0.212. The molecule has 3 nitrogen and oxygen atoms in total. The number of rotatable bonds is 4. The highest BCUT2D eigenvalue weighted by Gasteiger charge is 2.25. The van der Waals surface area contributed by atoms with Crippen molar-refractivity contribution in [1.82, 2.24) is 4.90 Å². The summed E-state index contributed by atoms with van der Waals surface area (Å²) in [6.07, 6.45) is 2.44. The molecule has 0 saturated carbocycles. The molecule has 0 bridgehead atoms. The van der Waals surface area contributed by atoms with Gasteiger partial charge in [-0.3, -0.25) is 9.69 Å². The lowest BCUT2D eigenvalue weighted by molar-refractivity contribution is -0.137. The molecule has 1 saturated heterocycles. The average Bonchev–Trinajstić information content (AvgIpc) is 2.75. The molecule has 1 aromatic rings. The normalized spacial score (nSPS) is 20.6. The van der Waals surface area contributed by atoms with Crippen LogP contribution in [-0.4, -0.2) is 29.1 Å². The molecule has 17 heavy (non-hydrogen) atoms. The highest BCUT2D eigenvalue weighted by molar-refractivity contribution is 6.30. The van der Waals surface area contributed by atoms with Gasteiger partial charge >= 0.3 is 5.97 Å². The van der Waals surface area contributed by atoms with Crippen molar-refractivity contribution in [3.8, 4) is 0 Å². The number of aliphatic carboxylic acids is 1. The maximum absolute atomic E-state index is 10.6. The molecule has 0 unspecified atom stereocenters. The first-order valence-electron chi connectivity index (χ1n) is 5.88. The summed E-state index contributed by atoms with van der Waals surface area (Å²) in [6, 6.07) is 8.21. The molecule has 1 aromatic carbocycles. The van der Waals surface area contributed by atoms with Crippen LogP contribution in [0.4, 0.5) is 0 Å². The lowest BCUT2D eigenvalue weighted by Crippen LogP contribution is -2.26. The van der Waals surface area contributed by atoms with Crippen LogP contribution in [-0.2, 0) is 4.79 Å². The van der Waals surface area contributed by atoms with Gasteiger partial charge in [-0.2, -0.15) is 0 Å². The zero-order valence-electron chi connectivity index (χ0n) is 9.60. The SMILES string of the molecule is O=C(O)CCN1CCC[C@H]1c1ccc(Cl)cc1. The highest BCUT2D eigenvalue weighted by Crippen LogP contribution is 2.32. The Morgan fingerprint density at radius 2 is 2.12 bits per heavy atom. The smallest absolute Gasteiger partial charge is 0.304 e. The van der Waals surface area contributed by atoms with Crippen LogP contribution in [0.1, 0.15) is 30.9 Å². The van der Waals surface area contributed by atoms with E-state index in [1.807, 2.05) is 24.3 Å². The molecule has 1 heterocycles. The number of hydrogen-bond donors (Lipinski definition) is 1. The van der Waals surface area contributed by atoms with Crippen molar-refractivity contribution in [2.75, 3.05) is 13.1 Å². The van der Waals surface area contributed by atoms with Crippen LogP contribution in [0.2, 0.25) is 5.02 Å². The van der Waals surface area contributed by atoms with Gasteiger partial charge in [0.05, 0.1) is 6.42 Å². The summed E-state index contributed by atoms with van der Waals surface area (Å²) in [5.74, 6) is -0.730. The lowest BCUT2D eigenvalue weighted by atomic mass is 10.0. The van der Waals surface area contributed by atoms with E-state index >= 15 is 0 Å². The second-order valence-corrected chi connectivity index (χ2v) is 4.83. The van der Waals surface area contributed by atoms with Crippen LogP contribution in [0, 0.1) is 0 Å². The second-order valence-electron chi connectivity index (χ2n) is 4.39. The molecule has 0 aromatic heterocycles. The highest BCUT2D eigenvalue weighted by atomic mass is 35.5. The fraction of sp³-hybridized carbons (Fsp3) is 0.462. The van der Waals surface area contributed by atoms with E-state index in [9.17, 15) is 4.79 Å². The second kappa shape index (κ2) is 5.52. The first-order chi connectivity index (χ1) is 8.16. The zero-order valence-corrected chi connectivity index (χ0v) is 10.4. The first-order valence-corrected chi connectivity index (χ1v) is 6.26. The fourth-order valence-corrected chi connectivity index (χ4v) is 2.52. The van der Waals surface area contributed by atoms with Crippen LogP contribution in [0.5, 0.6) is 0 Å². The first kappa shape index (κ1) is 12.4. The number of carboxylic acids is 1. The molecule has 0 radical (unpaired) electrons. The fourth-order valence-electron chi connectivity index (χ4n) is 2.40. The number of nitrogens with zero attached hydrogens (tertiary/aromatic N) is 1. The van der Waals surface area contributed by atoms with Crippen molar-refractivity contribution < 1.29 is 9.90 Å². The number of likely N-dealkylation sites (tertiary alicyclic amines) is 1. The van der Waals surface area contributed by atoms with Gasteiger partial charge < -0.3 is 5.11 Å². The molecule has 1 aliphatic rings. The van der Waals surface area contributed by atoms with Crippen molar-refractivity contribution in [3.05, 3.63) is 34.9 Å². The van der Waals surface area contributed by atoms with Gasteiger partial charge in [0, 0.05) is 17.6 Å². The predicted molar refractivity (Wildman–Crippen MR) is 67.3 cm³/mol. The summed E-state index contributed by atoms with van der Waals surface area (Å²) in [4.78, 5) is 12.8. The lowest BCUT2D eigenvalue weighted by Gasteiger charge is -2.24. The van der Waals surface area contributed by atoms with E-state index < -0.39 is 5.97 Å². The summed E-state index contributed by atoms with van der Waals surface area (Å²) in [7, 11) is 0. The zero-order chi connectivity index (χ0) is 12.3. The molecule has 1 aliphatic heterocycles. The summed E-state index contributed by atoms with van der Waals surface area (Å²) in [5.41, 5.74) is 1.23. The van der Waals surface area contributed by atoms with Gasteiger partial charge in [0.1, 0.15) is 0 Å². The average molecular weight is 254 g/mol. The minimum atomic E-state index is -0.730. The van der Waals surface area contributed by atoms with Crippen LogP contribution >= 0.6 is 11.6 Å². The third-order valence-electron chi connectivity index (χ3n) is 3.23. The molecule has 1 atom stereocenters. The monoisotopic (exact) mass is 253 g/mol. The van der Waals surface area contributed by atoms with Crippen molar-refractivity contribution in [2.24, 2.45) is 0 Å². The molecule has 4 heteroatoms. The van der Waals surface area contributed by atoms with Crippen molar-refractivity contribution in [2.45, 2.75) is 25.3 Å². The van der Waals surface area contributed by atoms with Gasteiger partial charge in [0.25, 0.3) is 0 Å². The number of benzene rings is 1. The summed E-state index contributed by atoms with van der Waals surface area (Å²) < 4.78 is 0. The van der Waals surface area contributed by atoms with Gasteiger partial charge in [-0.1, -0.05) is 23.7 Å². The van der Waals surface area contributed by atoms with E-state index in [-0.39, 0.29) is 6.42 Å². The minimum Gasteiger partial charge on any atom is -0.481 e. The summed E-state index contributed by atoms with van der Waals surface area (Å²) >= 11 is 5.87. The van der Waals surface area contributed by atoms with E-state index in [0.29, 0.717) is 12.6 Å². The van der Waals surface area contributed by atoms with Gasteiger partial charge in [-0.25, -0.2) is 0 Å². The van der Waals surface area contributed by atoms with E-state index in [1.165, 1.54) is 5.56 Å². The van der Waals surface area contributed by atoms with Crippen molar-refractivity contribution >= 4 is 17.6 Å². The van der Waals surface area contributed by atoms with E-state index in [0.717, 1.165) is 24.4 Å². The predicted octanol–water partition coefficient (Wildman–Crippen LogP) is 2.95. The Morgan fingerprint density at radius 1 is 1.41 bits per heavy atom. The van der Waals surface area contributed by atoms with Crippen LogP contribution in [0.15, 0.2) is 24.3 Å². The topological polar surface area (TPSA) is 40.5 Å². The Balaban J connectivity index is 2.03. The maximum Gasteiger partial charge on any atom is 0.304 e. The molecule has 1 fully saturated rings. The Hall–Kier alpha value is -1.06. The molecule has 1 N–H and O–H groups in total. The number of carbonyl (C=O) groups is 1. The van der Waals surface area contributed by atoms with Gasteiger partial charge in [-0.15, -0.1) is 0 Å². The molecule has 2 rings (SSSR count). The van der Waals surface area contributed by atoms with Crippen LogP contribution < -0.4 is 0 Å². The Bertz CT molecular complexity index is 391. The number of hydrogen-bond acceptors (Lipinski definition) is 2. The Kier molecular flexibility index (Phi) is 4.02. The van der Waals surface area contributed by atoms with Gasteiger partial charge in [0.2, 0.25) is 0 Å². The van der Waals surface area contributed by atoms with E-state index in [4.69, 9.17) is 16.7 Å². The van der Waals surface area contributed by atoms with Gasteiger partial charge in [0.15, 0.2) is 0 Å². The molecular weight excluding hydrogens is 238 g/mol. The standard InChI is InChI=1S/C13H16ClNO2/c14-11-5-3-10(4-6-11)12-2-1-8-15(12)9-7-13(16)17/h3-6,12H,1-2,7-9H2,(H,16,17)/t12-/m0/s1. The van der Waals surface area contributed by atoms with Crippen molar-refractivity contribution in [1.29, 1.82) is 0 Å². The number of halogens is 1. The van der Waals surface area contributed by atoms with Gasteiger partial charge in [-0.05, 0) is 37.1 Å². The third kappa shape index (κ3) is 3.20. The number of carboxylic acid groups (broad SMARTS) is 1. The molecule has 92 valence electrons. The summed E-state index contributed by atoms with van der Waals surface area (Å²) in [5, 5.41) is 9.46. The van der Waals surface area contributed by atoms with E-state index in [2.05, 4.69) is 4.90 Å². The quantitative estimate of drug-likeness (QED) is 0.897. The molecule has 0 aliphatic carbocycles. The Morgan fingerprint density at radius 3 is 2.76 bits per heavy atom. The Labute approximate surface area is 106 Å². The van der Waals surface area contributed by atoms with Crippen LogP contribution in [0.3, 0.4) is 0 Å².